The molecule has 1 unspecified atom stereocenters. The molecule has 0 amide bonds. The highest BCUT2D eigenvalue weighted by molar-refractivity contribution is 5.31. The molecule has 1 saturated carbocycles. The lowest BCUT2D eigenvalue weighted by Gasteiger charge is -2.29. The predicted octanol–water partition coefficient (Wildman–Crippen LogP) is 2.59. The van der Waals surface area contributed by atoms with Gasteiger partial charge in [-0.3, -0.25) is 4.90 Å². The number of hydrogen-bond donors (Lipinski definition) is 1. The molecule has 3 heteroatoms. The molecule has 1 heterocycles. The largest absolute Gasteiger partial charge is 0.329 e. The maximum absolute atomic E-state index is 6.08. The van der Waals surface area contributed by atoms with Gasteiger partial charge in [0.1, 0.15) is 0 Å². The molecule has 3 rings (SSSR count). The molecule has 2 N–H and O–H groups in total. The fourth-order valence-corrected chi connectivity index (χ4v) is 3.47. The van der Waals surface area contributed by atoms with Crippen molar-refractivity contribution in [1.29, 1.82) is 0 Å². The molecule has 2 aliphatic rings. The van der Waals surface area contributed by atoms with E-state index in [1.54, 1.807) is 0 Å². The van der Waals surface area contributed by atoms with Gasteiger partial charge in [0.05, 0.1) is 0 Å². The second-order valence-electron chi connectivity index (χ2n) is 6.73. The van der Waals surface area contributed by atoms with Crippen molar-refractivity contribution in [2.24, 2.45) is 5.73 Å². The summed E-state index contributed by atoms with van der Waals surface area (Å²) in [4.78, 5) is 5.01. The van der Waals surface area contributed by atoms with Gasteiger partial charge in [0, 0.05) is 25.7 Å². The zero-order chi connectivity index (χ0) is 14.7. The van der Waals surface area contributed by atoms with Gasteiger partial charge in [-0.1, -0.05) is 24.3 Å². The highest BCUT2D eigenvalue weighted by Crippen LogP contribution is 2.40. The Hall–Kier alpha value is -0.900. The average Bonchev–Trinajstić information content (AvgIpc) is 3.23. The van der Waals surface area contributed by atoms with Gasteiger partial charge >= 0.3 is 0 Å². The lowest BCUT2D eigenvalue weighted by atomic mass is 10.0. The molecule has 3 nitrogen and oxygen atoms in total. The molecule has 1 aliphatic carbocycles. The van der Waals surface area contributed by atoms with Gasteiger partial charge in [0.15, 0.2) is 0 Å². The summed E-state index contributed by atoms with van der Waals surface area (Å²) in [5, 5.41) is 0. The molecule has 2 fully saturated rings. The number of likely N-dealkylation sites (N-methyl/N-ethyl adjacent to an activating group) is 1. The van der Waals surface area contributed by atoms with Crippen molar-refractivity contribution < 1.29 is 0 Å². The topological polar surface area (TPSA) is 32.5 Å². The molecule has 1 aromatic rings. The lowest BCUT2D eigenvalue weighted by molar-refractivity contribution is 0.209. The predicted molar refractivity (Wildman–Crippen MR) is 88.5 cm³/mol. The molecule has 1 atom stereocenters. The molecule has 1 aliphatic heterocycles. The Kier molecular flexibility index (Phi) is 4.94. The Bertz CT molecular complexity index is 450. The van der Waals surface area contributed by atoms with E-state index >= 15 is 0 Å². The van der Waals surface area contributed by atoms with Gasteiger partial charge in [-0.05, 0) is 62.9 Å². The van der Waals surface area contributed by atoms with Crippen molar-refractivity contribution in [2.75, 3.05) is 39.8 Å². The Morgan fingerprint density at radius 3 is 2.71 bits per heavy atom. The van der Waals surface area contributed by atoms with Gasteiger partial charge in [-0.15, -0.1) is 0 Å². The molecule has 0 bridgehead atoms. The molecule has 1 saturated heterocycles. The molecule has 0 aromatic heterocycles. The number of nitrogens with zero attached hydrogens (tertiary/aromatic N) is 2. The first-order valence-electron chi connectivity index (χ1n) is 8.50. The fraction of sp³-hybridized carbons (Fsp3) is 0.667. The SMILES string of the molecule is CN(CCN1CCCC1)C(CN)c1cccc(C2CC2)c1. The summed E-state index contributed by atoms with van der Waals surface area (Å²) in [6.45, 7) is 5.53. The highest BCUT2D eigenvalue weighted by Gasteiger charge is 2.25. The van der Waals surface area contributed by atoms with E-state index in [1.807, 2.05) is 0 Å². The number of nitrogens with two attached hydrogens (primary N) is 1. The average molecular weight is 287 g/mol. The van der Waals surface area contributed by atoms with Crippen LogP contribution in [0.3, 0.4) is 0 Å². The monoisotopic (exact) mass is 287 g/mol. The minimum Gasteiger partial charge on any atom is -0.329 e. The minimum absolute atomic E-state index is 0.353. The van der Waals surface area contributed by atoms with E-state index in [0.29, 0.717) is 12.6 Å². The van der Waals surface area contributed by atoms with Crippen LogP contribution in [0.15, 0.2) is 24.3 Å². The summed E-state index contributed by atoms with van der Waals surface area (Å²) in [7, 11) is 2.22. The third kappa shape index (κ3) is 3.85. The standard InChI is InChI=1S/C18H29N3/c1-20(11-12-21-9-2-3-10-21)18(14-19)17-6-4-5-16(13-17)15-7-8-15/h4-6,13,15,18H,2-3,7-12,14,19H2,1H3. The Balaban J connectivity index is 1.61. The minimum atomic E-state index is 0.353. The zero-order valence-electron chi connectivity index (χ0n) is 13.3. The van der Waals surface area contributed by atoms with Crippen molar-refractivity contribution in [3.05, 3.63) is 35.4 Å². The number of likely N-dealkylation sites (tertiary alicyclic amines) is 1. The summed E-state index contributed by atoms with van der Waals surface area (Å²) in [5.41, 5.74) is 8.98. The molecule has 1 aromatic carbocycles. The van der Waals surface area contributed by atoms with Crippen molar-refractivity contribution in [3.63, 3.8) is 0 Å². The summed E-state index contributed by atoms with van der Waals surface area (Å²) in [6.07, 6.45) is 5.46. The van der Waals surface area contributed by atoms with Crippen molar-refractivity contribution in [1.82, 2.24) is 9.80 Å². The fourth-order valence-electron chi connectivity index (χ4n) is 3.47. The lowest BCUT2D eigenvalue weighted by Crippen LogP contribution is -2.36. The second-order valence-corrected chi connectivity index (χ2v) is 6.73. The van der Waals surface area contributed by atoms with E-state index in [2.05, 4.69) is 41.1 Å². The first-order chi connectivity index (χ1) is 10.3. The van der Waals surface area contributed by atoms with E-state index in [4.69, 9.17) is 5.73 Å². The van der Waals surface area contributed by atoms with Crippen LogP contribution in [0.4, 0.5) is 0 Å². The quantitative estimate of drug-likeness (QED) is 0.836. The van der Waals surface area contributed by atoms with Crippen LogP contribution >= 0.6 is 0 Å². The number of hydrogen-bond acceptors (Lipinski definition) is 3. The van der Waals surface area contributed by atoms with Gasteiger partial charge < -0.3 is 10.6 Å². The first-order valence-corrected chi connectivity index (χ1v) is 8.50. The van der Waals surface area contributed by atoms with E-state index in [0.717, 1.165) is 12.5 Å². The van der Waals surface area contributed by atoms with E-state index in [1.165, 1.54) is 56.4 Å². The van der Waals surface area contributed by atoms with Gasteiger partial charge in [0.25, 0.3) is 0 Å². The molecule has 116 valence electrons. The smallest absolute Gasteiger partial charge is 0.0468 e. The van der Waals surface area contributed by atoms with Crippen LogP contribution in [-0.4, -0.2) is 49.6 Å². The van der Waals surface area contributed by atoms with Crippen LogP contribution in [0, 0.1) is 0 Å². The van der Waals surface area contributed by atoms with Crippen LogP contribution in [-0.2, 0) is 0 Å². The third-order valence-corrected chi connectivity index (χ3v) is 5.07. The van der Waals surface area contributed by atoms with Crippen LogP contribution in [0.1, 0.15) is 48.8 Å². The van der Waals surface area contributed by atoms with Crippen molar-refractivity contribution >= 4 is 0 Å². The Labute approximate surface area is 129 Å². The Morgan fingerprint density at radius 1 is 1.29 bits per heavy atom. The summed E-state index contributed by atoms with van der Waals surface area (Å²) < 4.78 is 0. The van der Waals surface area contributed by atoms with Gasteiger partial charge in [-0.2, -0.15) is 0 Å². The molecule has 21 heavy (non-hydrogen) atoms. The van der Waals surface area contributed by atoms with E-state index in [-0.39, 0.29) is 0 Å². The normalized spacial score (nSPS) is 21.1. The van der Waals surface area contributed by atoms with Crippen LogP contribution < -0.4 is 5.73 Å². The van der Waals surface area contributed by atoms with Crippen LogP contribution in [0.5, 0.6) is 0 Å². The number of benzene rings is 1. The van der Waals surface area contributed by atoms with Crippen LogP contribution in [0.25, 0.3) is 0 Å². The molecule has 0 radical (unpaired) electrons. The van der Waals surface area contributed by atoms with E-state index in [9.17, 15) is 0 Å². The maximum Gasteiger partial charge on any atom is 0.0468 e. The first kappa shape index (κ1) is 15.0. The second kappa shape index (κ2) is 6.91. The van der Waals surface area contributed by atoms with Gasteiger partial charge in [-0.25, -0.2) is 0 Å². The third-order valence-electron chi connectivity index (χ3n) is 5.07. The van der Waals surface area contributed by atoms with E-state index < -0.39 is 0 Å². The number of rotatable bonds is 7. The summed E-state index contributed by atoms with van der Waals surface area (Å²) in [6, 6.07) is 9.47. The highest BCUT2D eigenvalue weighted by atomic mass is 15.2. The Morgan fingerprint density at radius 2 is 2.05 bits per heavy atom. The zero-order valence-corrected chi connectivity index (χ0v) is 13.3. The molecular weight excluding hydrogens is 258 g/mol. The maximum atomic E-state index is 6.08. The van der Waals surface area contributed by atoms with Crippen molar-refractivity contribution in [2.45, 2.75) is 37.6 Å². The van der Waals surface area contributed by atoms with Gasteiger partial charge in [0.2, 0.25) is 0 Å². The van der Waals surface area contributed by atoms with Crippen LogP contribution in [0.2, 0.25) is 0 Å². The summed E-state index contributed by atoms with van der Waals surface area (Å²) >= 11 is 0. The summed E-state index contributed by atoms with van der Waals surface area (Å²) in [5.74, 6) is 0.818. The van der Waals surface area contributed by atoms with Crippen molar-refractivity contribution in [3.8, 4) is 0 Å². The molecular formula is C18H29N3. The molecule has 0 spiro atoms.